The molecule has 1 saturated carbocycles. The highest BCUT2D eigenvalue weighted by molar-refractivity contribution is 7.09. The van der Waals surface area contributed by atoms with Crippen LogP contribution in [0.15, 0.2) is 36.0 Å². The minimum atomic E-state index is -0.361. The second kappa shape index (κ2) is 5.86. The van der Waals surface area contributed by atoms with Crippen LogP contribution in [0.4, 0.5) is 0 Å². The molecule has 1 fully saturated rings. The molecule has 0 spiro atoms. The lowest BCUT2D eigenvalue weighted by atomic mass is 10.3. The van der Waals surface area contributed by atoms with E-state index >= 15 is 0 Å². The highest BCUT2D eigenvalue weighted by atomic mass is 32.1. The zero-order chi connectivity index (χ0) is 13.1. The van der Waals surface area contributed by atoms with Crippen molar-refractivity contribution in [3.05, 3.63) is 40.8 Å². The summed E-state index contributed by atoms with van der Waals surface area (Å²) in [6.07, 6.45) is 5.81. The molecule has 2 aromatic heterocycles. The molecule has 0 aliphatic heterocycles. The van der Waals surface area contributed by atoms with Crippen LogP contribution in [-0.4, -0.2) is 38.5 Å². The summed E-state index contributed by atoms with van der Waals surface area (Å²) in [4.78, 5) is 3.78. The molecule has 1 atom stereocenters. The number of aromatic nitrogens is 2. The Morgan fingerprint density at radius 2 is 2.37 bits per heavy atom. The van der Waals surface area contributed by atoms with E-state index in [0.29, 0.717) is 12.6 Å². The first kappa shape index (κ1) is 12.8. The first-order valence-corrected chi connectivity index (χ1v) is 7.61. The first-order valence-electron chi connectivity index (χ1n) is 6.73. The summed E-state index contributed by atoms with van der Waals surface area (Å²) in [5.74, 6) is 0. The van der Waals surface area contributed by atoms with Gasteiger partial charge in [-0.25, -0.2) is 0 Å². The van der Waals surface area contributed by atoms with E-state index in [9.17, 15) is 5.11 Å². The maximum atomic E-state index is 10.2. The number of rotatable bonds is 7. The molecule has 1 aliphatic carbocycles. The van der Waals surface area contributed by atoms with Gasteiger partial charge in [0.05, 0.1) is 12.6 Å². The molecular weight excluding hydrogens is 258 g/mol. The maximum absolute atomic E-state index is 10.2. The predicted molar refractivity (Wildman–Crippen MR) is 76.0 cm³/mol. The Hall–Kier alpha value is -1.17. The Kier molecular flexibility index (Phi) is 3.96. The fourth-order valence-electron chi connectivity index (χ4n) is 2.34. The van der Waals surface area contributed by atoms with E-state index in [-0.39, 0.29) is 6.10 Å². The highest BCUT2D eigenvalue weighted by Gasteiger charge is 2.30. The molecule has 4 nitrogen and oxygen atoms in total. The summed E-state index contributed by atoms with van der Waals surface area (Å²) in [5.41, 5.74) is 0. The van der Waals surface area contributed by atoms with Crippen LogP contribution in [0.3, 0.4) is 0 Å². The van der Waals surface area contributed by atoms with Crippen LogP contribution in [0.5, 0.6) is 0 Å². The van der Waals surface area contributed by atoms with E-state index < -0.39 is 0 Å². The summed E-state index contributed by atoms with van der Waals surface area (Å²) in [6.45, 7) is 2.25. The van der Waals surface area contributed by atoms with Crippen molar-refractivity contribution in [1.29, 1.82) is 0 Å². The summed E-state index contributed by atoms with van der Waals surface area (Å²) >= 11 is 1.79. The van der Waals surface area contributed by atoms with Gasteiger partial charge in [-0.15, -0.1) is 11.3 Å². The molecule has 102 valence electrons. The minimum absolute atomic E-state index is 0.361. The van der Waals surface area contributed by atoms with Crippen molar-refractivity contribution in [1.82, 2.24) is 14.7 Å². The second-order valence-electron chi connectivity index (χ2n) is 5.12. The number of thiophene rings is 1. The predicted octanol–water partition coefficient (Wildman–Crippen LogP) is 1.97. The molecule has 3 rings (SSSR count). The van der Waals surface area contributed by atoms with Gasteiger partial charge in [0.1, 0.15) is 0 Å². The van der Waals surface area contributed by atoms with Crippen LogP contribution in [0.2, 0.25) is 0 Å². The smallest absolute Gasteiger partial charge is 0.0862 e. The number of nitrogens with zero attached hydrogens (tertiary/aromatic N) is 3. The number of aliphatic hydroxyl groups excluding tert-OH is 1. The van der Waals surface area contributed by atoms with Crippen LogP contribution >= 0.6 is 11.3 Å². The lowest BCUT2D eigenvalue weighted by Gasteiger charge is -2.24. The van der Waals surface area contributed by atoms with E-state index in [1.54, 1.807) is 22.2 Å². The molecule has 0 amide bonds. The zero-order valence-electron chi connectivity index (χ0n) is 10.9. The van der Waals surface area contributed by atoms with Gasteiger partial charge in [-0.05, 0) is 30.4 Å². The van der Waals surface area contributed by atoms with Crippen molar-refractivity contribution in [3.63, 3.8) is 0 Å². The third kappa shape index (κ3) is 3.65. The van der Waals surface area contributed by atoms with Crippen molar-refractivity contribution in [2.24, 2.45) is 0 Å². The largest absolute Gasteiger partial charge is 0.390 e. The van der Waals surface area contributed by atoms with E-state index in [0.717, 1.165) is 13.1 Å². The lowest BCUT2D eigenvalue weighted by Crippen LogP contribution is -2.35. The molecule has 1 aliphatic rings. The highest BCUT2D eigenvalue weighted by Crippen LogP contribution is 2.29. The van der Waals surface area contributed by atoms with Crippen LogP contribution in [-0.2, 0) is 13.1 Å². The summed E-state index contributed by atoms with van der Waals surface area (Å²) in [7, 11) is 0. The number of hydrogen-bond donors (Lipinski definition) is 1. The Morgan fingerprint density at radius 3 is 3.00 bits per heavy atom. The third-order valence-electron chi connectivity index (χ3n) is 3.40. The average Bonchev–Trinajstić information content (AvgIpc) is 2.87. The third-order valence-corrected chi connectivity index (χ3v) is 4.27. The van der Waals surface area contributed by atoms with Crippen LogP contribution in [0.1, 0.15) is 17.7 Å². The van der Waals surface area contributed by atoms with E-state index in [1.807, 2.05) is 12.3 Å². The molecule has 0 aromatic carbocycles. The van der Waals surface area contributed by atoms with E-state index in [1.165, 1.54) is 17.7 Å². The van der Waals surface area contributed by atoms with Gasteiger partial charge in [0, 0.05) is 36.4 Å². The quantitative estimate of drug-likeness (QED) is 0.841. The Bertz CT molecular complexity index is 479. The molecular formula is C14H19N3OS. The van der Waals surface area contributed by atoms with Crippen LogP contribution in [0.25, 0.3) is 0 Å². The Labute approximate surface area is 117 Å². The monoisotopic (exact) mass is 277 g/mol. The molecule has 2 heterocycles. The average molecular weight is 277 g/mol. The summed E-state index contributed by atoms with van der Waals surface area (Å²) in [5, 5.41) is 16.4. The summed E-state index contributed by atoms with van der Waals surface area (Å²) < 4.78 is 1.79. The molecule has 2 aromatic rings. The molecule has 19 heavy (non-hydrogen) atoms. The van der Waals surface area contributed by atoms with Gasteiger partial charge in [0.25, 0.3) is 0 Å². The van der Waals surface area contributed by atoms with Gasteiger partial charge in [0.2, 0.25) is 0 Å². The topological polar surface area (TPSA) is 41.3 Å². The van der Waals surface area contributed by atoms with E-state index in [2.05, 4.69) is 27.5 Å². The zero-order valence-corrected chi connectivity index (χ0v) is 11.7. The standard InChI is InChI=1S/C14H19N3OS/c18-13(10-17-7-2-6-15-17)9-16(12-4-5-12)11-14-3-1-8-19-14/h1-3,6-8,12-13,18H,4-5,9-11H2. The fourth-order valence-corrected chi connectivity index (χ4v) is 3.07. The van der Waals surface area contributed by atoms with Crippen molar-refractivity contribution in [2.75, 3.05) is 6.54 Å². The molecule has 0 bridgehead atoms. The molecule has 1 N–H and O–H groups in total. The van der Waals surface area contributed by atoms with Crippen molar-refractivity contribution in [2.45, 2.75) is 38.1 Å². The van der Waals surface area contributed by atoms with Gasteiger partial charge in [-0.3, -0.25) is 9.58 Å². The van der Waals surface area contributed by atoms with Gasteiger partial charge in [0.15, 0.2) is 0 Å². The van der Waals surface area contributed by atoms with Crippen LogP contribution < -0.4 is 0 Å². The normalized spacial score (nSPS) is 16.9. The number of aliphatic hydroxyl groups is 1. The van der Waals surface area contributed by atoms with Gasteiger partial charge in [-0.1, -0.05) is 6.07 Å². The minimum Gasteiger partial charge on any atom is -0.390 e. The molecule has 0 saturated heterocycles. The molecule has 0 radical (unpaired) electrons. The Morgan fingerprint density at radius 1 is 1.47 bits per heavy atom. The maximum Gasteiger partial charge on any atom is 0.0862 e. The number of hydrogen-bond acceptors (Lipinski definition) is 4. The van der Waals surface area contributed by atoms with Gasteiger partial charge >= 0.3 is 0 Å². The van der Waals surface area contributed by atoms with Crippen molar-refractivity contribution in [3.8, 4) is 0 Å². The molecule has 1 unspecified atom stereocenters. The SMILES string of the molecule is OC(CN(Cc1cccs1)C1CC1)Cn1cccn1. The Balaban J connectivity index is 1.55. The summed E-state index contributed by atoms with van der Waals surface area (Å²) in [6, 6.07) is 6.80. The fraction of sp³-hybridized carbons (Fsp3) is 0.500. The first-order chi connectivity index (χ1) is 9.31. The van der Waals surface area contributed by atoms with Crippen LogP contribution in [0, 0.1) is 0 Å². The second-order valence-corrected chi connectivity index (χ2v) is 6.15. The van der Waals surface area contributed by atoms with E-state index in [4.69, 9.17) is 0 Å². The van der Waals surface area contributed by atoms with Gasteiger partial charge in [-0.2, -0.15) is 5.10 Å². The lowest BCUT2D eigenvalue weighted by molar-refractivity contribution is 0.0880. The van der Waals surface area contributed by atoms with Crippen molar-refractivity contribution >= 4 is 11.3 Å². The van der Waals surface area contributed by atoms with Crippen molar-refractivity contribution < 1.29 is 5.11 Å². The molecule has 5 heteroatoms. The van der Waals surface area contributed by atoms with Gasteiger partial charge < -0.3 is 5.11 Å².